The first-order chi connectivity index (χ1) is 17.6. The maximum absolute atomic E-state index is 14.6. The molecule has 6 nitrogen and oxygen atoms in total. The van der Waals surface area contributed by atoms with Gasteiger partial charge < -0.3 is 10.4 Å². The lowest BCUT2D eigenvalue weighted by Crippen LogP contribution is -2.33. The van der Waals surface area contributed by atoms with Crippen LogP contribution in [0.25, 0.3) is 0 Å². The van der Waals surface area contributed by atoms with Gasteiger partial charge in [0, 0.05) is 18.2 Å². The van der Waals surface area contributed by atoms with Crippen molar-refractivity contribution in [1.29, 1.82) is 0 Å². The Hall–Kier alpha value is -3.05. The zero-order chi connectivity index (χ0) is 28.8. The van der Waals surface area contributed by atoms with E-state index >= 15 is 0 Å². The summed E-state index contributed by atoms with van der Waals surface area (Å²) in [6, 6.07) is 7.83. The average molecular weight is 546 g/mol. The molecule has 0 spiro atoms. The zero-order valence-corrected chi connectivity index (χ0v) is 21.8. The van der Waals surface area contributed by atoms with Gasteiger partial charge in [0.15, 0.2) is 11.6 Å². The van der Waals surface area contributed by atoms with Crippen LogP contribution in [0.1, 0.15) is 73.6 Å². The summed E-state index contributed by atoms with van der Waals surface area (Å²) in [5, 5.41) is 13.9. The molecule has 0 aromatic heterocycles. The molecule has 2 atom stereocenters. The van der Waals surface area contributed by atoms with E-state index in [9.17, 15) is 36.6 Å². The van der Waals surface area contributed by atoms with Crippen LogP contribution in [0.4, 0.5) is 22.0 Å². The first-order valence-corrected chi connectivity index (χ1v) is 12.0. The van der Waals surface area contributed by atoms with Gasteiger partial charge in [0.05, 0.1) is 11.5 Å². The van der Waals surface area contributed by atoms with E-state index in [1.165, 1.54) is 19.9 Å². The monoisotopic (exact) mass is 545 g/mol. The minimum Gasteiger partial charge on any atom is -0.387 e. The molecular weight excluding hydrogens is 513 g/mol. The number of nitrogens with one attached hydrogen (secondary N) is 1. The lowest BCUT2D eigenvalue weighted by Gasteiger charge is -2.24. The molecule has 38 heavy (non-hydrogen) atoms. The second-order valence-corrected chi connectivity index (χ2v) is 9.91. The molecule has 0 unspecified atom stereocenters. The van der Waals surface area contributed by atoms with E-state index in [0.717, 1.165) is 35.6 Å². The maximum Gasteiger partial charge on any atom is 0.495 e. The van der Waals surface area contributed by atoms with Crippen LogP contribution in [-0.4, -0.2) is 29.8 Å². The van der Waals surface area contributed by atoms with Gasteiger partial charge in [-0.1, -0.05) is 37.1 Å². The standard InChI is InChI=1S/C27H32F5NO5/c1-6-7-21(18-9-8-15(2)10-16(18)3)33-14-22(34)19-11-17(12-20(28)23(19)29)13-26(4,5)24(35)37-38-25(36)27(30,31)32/h8-12,21-22,33-34H,6-7,13-14H2,1-5H3/t21-,22+/m0/s1. The van der Waals surface area contributed by atoms with Crippen molar-refractivity contribution in [1.82, 2.24) is 5.32 Å². The fraction of sp³-hybridized carbons (Fsp3) is 0.481. The van der Waals surface area contributed by atoms with Crippen LogP contribution in [0.3, 0.4) is 0 Å². The first kappa shape index (κ1) is 31.2. The van der Waals surface area contributed by atoms with Crippen molar-refractivity contribution >= 4 is 11.9 Å². The van der Waals surface area contributed by atoms with E-state index in [1.807, 2.05) is 39.0 Å². The summed E-state index contributed by atoms with van der Waals surface area (Å²) < 4.78 is 65.8. The Morgan fingerprint density at radius 1 is 1.00 bits per heavy atom. The van der Waals surface area contributed by atoms with Crippen LogP contribution in [0.5, 0.6) is 0 Å². The van der Waals surface area contributed by atoms with Gasteiger partial charge in [0.2, 0.25) is 0 Å². The Morgan fingerprint density at radius 2 is 1.63 bits per heavy atom. The number of rotatable bonds is 10. The number of halogens is 5. The summed E-state index contributed by atoms with van der Waals surface area (Å²) in [5.41, 5.74) is 1.31. The fourth-order valence-electron chi connectivity index (χ4n) is 4.07. The van der Waals surface area contributed by atoms with Crippen LogP contribution in [0.15, 0.2) is 30.3 Å². The molecule has 0 amide bonds. The largest absolute Gasteiger partial charge is 0.495 e. The molecule has 0 aliphatic rings. The number of aryl methyl sites for hydroxylation is 2. The zero-order valence-electron chi connectivity index (χ0n) is 21.8. The Morgan fingerprint density at radius 3 is 2.21 bits per heavy atom. The number of carbonyl (C=O) groups excluding carboxylic acids is 2. The number of aliphatic hydroxyl groups is 1. The highest BCUT2D eigenvalue weighted by Gasteiger charge is 2.44. The van der Waals surface area contributed by atoms with E-state index in [1.54, 1.807) is 0 Å². The Labute approximate surface area is 218 Å². The van der Waals surface area contributed by atoms with E-state index in [0.29, 0.717) is 0 Å². The van der Waals surface area contributed by atoms with Gasteiger partial charge in [-0.15, -0.1) is 0 Å². The van der Waals surface area contributed by atoms with Crippen LogP contribution < -0.4 is 5.32 Å². The summed E-state index contributed by atoms with van der Waals surface area (Å²) in [6.07, 6.45) is -5.55. The van der Waals surface area contributed by atoms with Crippen molar-refractivity contribution in [3.63, 3.8) is 0 Å². The van der Waals surface area contributed by atoms with E-state index < -0.39 is 41.3 Å². The predicted octanol–water partition coefficient (Wildman–Crippen LogP) is 5.88. The van der Waals surface area contributed by atoms with Crippen LogP contribution >= 0.6 is 0 Å². The molecule has 2 N–H and O–H groups in total. The average Bonchev–Trinajstić information content (AvgIpc) is 2.81. The smallest absolute Gasteiger partial charge is 0.387 e. The number of hydrogen-bond donors (Lipinski definition) is 2. The topological polar surface area (TPSA) is 84.9 Å². The van der Waals surface area contributed by atoms with Crippen LogP contribution in [0.2, 0.25) is 0 Å². The van der Waals surface area contributed by atoms with Gasteiger partial charge in [-0.05, 0) is 69.4 Å². The SMILES string of the molecule is CCC[C@H](NC[C@@H](O)c1cc(CC(C)(C)C(=O)OOC(=O)C(F)(F)F)cc(F)c1F)c1ccc(C)cc1C. The van der Waals surface area contributed by atoms with E-state index in [4.69, 9.17) is 0 Å². The highest BCUT2D eigenvalue weighted by atomic mass is 19.4. The first-order valence-electron chi connectivity index (χ1n) is 12.0. The van der Waals surface area contributed by atoms with E-state index in [-0.39, 0.29) is 30.1 Å². The van der Waals surface area contributed by atoms with Gasteiger partial charge in [0.1, 0.15) is 0 Å². The lowest BCUT2D eigenvalue weighted by atomic mass is 9.85. The molecule has 0 saturated carbocycles. The molecule has 0 aliphatic heterocycles. The summed E-state index contributed by atoms with van der Waals surface area (Å²) in [4.78, 5) is 30.5. The molecule has 0 saturated heterocycles. The predicted molar refractivity (Wildman–Crippen MR) is 129 cm³/mol. The number of alkyl halides is 3. The van der Waals surface area contributed by atoms with Crippen molar-refractivity contribution in [3.05, 3.63) is 69.8 Å². The summed E-state index contributed by atoms with van der Waals surface area (Å²) in [7, 11) is 0. The van der Waals surface area contributed by atoms with E-state index in [2.05, 4.69) is 15.1 Å². The highest BCUT2D eigenvalue weighted by Crippen LogP contribution is 2.30. The van der Waals surface area contributed by atoms with Crippen molar-refractivity contribution in [2.75, 3.05) is 6.54 Å². The minimum atomic E-state index is -5.36. The number of hydrogen-bond acceptors (Lipinski definition) is 6. The highest BCUT2D eigenvalue weighted by molar-refractivity contribution is 5.79. The van der Waals surface area contributed by atoms with Crippen LogP contribution in [-0.2, 0) is 25.8 Å². The normalized spacial score (nSPS) is 13.7. The van der Waals surface area contributed by atoms with Gasteiger partial charge in [0.25, 0.3) is 0 Å². The quantitative estimate of drug-likeness (QED) is 0.220. The third-order valence-corrected chi connectivity index (χ3v) is 6.03. The molecule has 0 fully saturated rings. The molecule has 0 heterocycles. The third-order valence-electron chi connectivity index (χ3n) is 6.03. The Balaban J connectivity index is 2.17. The molecule has 210 valence electrons. The molecule has 11 heteroatoms. The fourth-order valence-corrected chi connectivity index (χ4v) is 4.07. The van der Waals surface area contributed by atoms with Gasteiger partial charge in [-0.25, -0.2) is 28.1 Å². The number of carbonyl (C=O) groups is 2. The number of aliphatic hydroxyl groups excluding tert-OH is 1. The van der Waals surface area contributed by atoms with Crippen molar-refractivity contribution < 1.29 is 46.4 Å². The second kappa shape index (κ2) is 12.7. The molecule has 0 bridgehead atoms. The van der Waals surface area contributed by atoms with Crippen molar-refractivity contribution in [3.8, 4) is 0 Å². The molecule has 2 aromatic rings. The summed E-state index contributed by atoms with van der Waals surface area (Å²) in [5.74, 6) is -6.58. The molecule has 0 aliphatic carbocycles. The van der Waals surface area contributed by atoms with Crippen LogP contribution in [0, 0.1) is 30.9 Å². The number of benzene rings is 2. The van der Waals surface area contributed by atoms with Gasteiger partial charge in [-0.2, -0.15) is 13.2 Å². The summed E-state index contributed by atoms with van der Waals surface area (Å²) in [6.45, 7) is 8.37. The Bertz CT molecular complexity index is 1150. The van der Waals surface area contributed by atoms with Crippen molar-refractivity contribution in [2.45, 2.75) is 72.2 Å². The summed E-state index contributed by atoms with van der Waals surface area (Å²) >= 11 is 0. The maximum atomic E-state index is 14.6. The molecular formula is C27H32F5NO5. The lowest BCUT2D eigenvalue weighted by molar-refractivity contribution is -0.290. The molecule has 0 radical (unpaired) electrons. The molecule has 2 rings (SSSR count). The Kier molecular flexibility index (Phi) is 10.4. The third kappa shape index (κ3) is 8.22. The minimum absolute atomic E-state index is 0.0709. The van der Waals surface area contributed by atoms with Gasteiger partial charge >= 0.3 is 18.1 Å². The second-order valence-electron chi connectivity index (χ2n) is 9.91. The van der Waals surface area contributed by atoms with Crippen molar-refractivity contribution in [2.24, 2.45) is 5.41 Å². The van der Waals surface area contributed by atoms with Gasteiger partial charge in [-0.3, -0.25) is 0 Å². The molecule has 2 aromatic carbocycles.